The zero-order valence-corrected chi connectivity index (χ0v) is 17.9. The lowest BCUT2D eigenvalue weighted by Gasteiger charge is -2.22. The predicted octanol–water partition coefficient (Wildman–Crippen LogP) is 3.78. The van der Waals surface area contributed by atoms with E-state index in [0.29, 0.717) is 12.1 Å². The van der Waals surface area contributed by atoms with Gasteiger partial charge in [0.05, 0.1) is 11.9 Å². The lowest BCUT2D eigenvalue weighted by Crippen LogP contribution is -2.31. The Balaban J connectivity index is 1.52. The quantitative estimate of drug-likeness (QED) is 0.712. The molecule has 2 aromatic rings. The fraction of sp³-hybridized carbons (Fsp3) is 0.409. The van der Waals surface area contributed by atoms with Gasteiger partial charge in [0.2, 0.25) is 15.9 Å². The van der Waals surface area contributed by atoms with E-state index in [1.54, 1.807) is 12.1 Å². The standard InChI is InChI=1S/C22H29N3O3S/c1-18-7-11-21(12-8-18)25(29(2,27)28)17-5-6-22(26)23-19-9-13-20(14-10-19)24-15-3-4-16-24/h7-14H,3-6,15-17H2,1-2H3,(H,23,26). The Kier molecular flexibility index (Phi) is 6.79. The van der Waals surface area contributed by atoms with Crippen LogP contribution in [0.15, 0.2) is 48.5 Å². The molecule has 29 heavy (non-hydrogen) atoms. The van der Waals surface area contributed by atoms with Gasteiger partial charge in [-0.2, -0.15) is 0 Å². The lowest BCUT2D eigenvalue weighted by molar-refractivity contribution is -0.116. The molecule has 1 saturated heterocycles. The average molecular weight is 416 g/mol. The highest BCUT2D eigenvalue weighted by Crippen LogP contribution is 2.22. The van der Waals surface area contributed by atoms with E-state index in [1.807, 2.05) is 43.3 Å². The molecule has 1 aliphatic rings. The van der Waals surface area contributed by atoms with Crippen LogP contribution >= 0.6 is 0 Å². The van der Waals surface area contributed by atoms with Crippen molar-refractivity contribution < 1.29 is 13.2 Å². The topological polar surface area (TPSA) is 69.7 Å². The summed E-state index contributed by atoms with van der Waals surface area (Å²) in [6, 6.07) is 15.2. The first-order chi connectivity index (χ1) is 13.8. The van der Waals surface area contributed by atoms with Gasteiger partial charge in [-0.25, -0.2) is 8.42 Å². The van der Waals surface area contributed by atoms with Gasteiger partial charge >= 0.3 is 0 Å². The third-order valence-electron chi connectivity index (χ3n) is 5.11. The predicted molar refractivity (Wildman–Crippen MR) is 119 cm³/mol. The summed E-state index contributed by atoms with van der Waals surface area (Å²) in [6.45, 7) is 4.40. The summed E-state index contributed by atoms with van der Waals surface area (Å²) in [4.78, 5) is 14.6. The number of amides is 1. The highest BCUT2D eigenvalue weighted by Gasteiger charge is 2.17. The van der Waals surface area contributed by atoms with E-state index in [4.69, 9.17) is 0 Å². The molecule has 0 saturated carbocycles. The molecule has 1 heterocycles. The maximum absolute atomic E-state index is 12.3. The molecule has 0 aliphatic carbocycles. The van der Waals surface area contributed by atoms with Crippen LogP contribution < -0.4 is 14.5 Å². The molecule has 0 atom stereocenters. The number of rotatable bonds is 8. The van der Waals surface area contributed by atoms with Crippen LogP contribution in [0.1, 0.15) is 31.2 Å². The molecule has 1 fully saturated rings. The van der Waals surface area contributed by atoms with E-state index in [2.05, 4.69) is 10.2 Å². The van der Waals surface area contributed by atoms with Crippen molar-refractivity contribution in [3.63, 3.8) is 0 Å². The fourth-order valence-electron chi connectivity index (χ4n) is 3.54. The second-order valence-corrected chi connectivity index (χ2v) is 9.47. The van der Waals surface area contributed by atoms with E-state index >= 15 is 0 Å². The van der Waals surface area contributed by atoms with E-state index in [0.717, 1.165) is 24.3 Å². The summed E-state index contributed by atoms with van der Waals surface area (Å²) < 4.78 is 25.6. The van der Waals surface area contributed by atoms with Crippen LogP contribution in [0.25, 0.3) is 0 Å². The molecular weight excluding hydrogens is 386 g/mol. The molecule has 0 spiro atoms. The van der Waals surface area contributed by atoms with E-state index in [-0.39, 0.29) is 18.9 Å². The SMILES string of the molecule is Cc1ccc(N(CCCC(=O)Nc2ccc(N3CCCC3)cc2)S(C)(=O)=O)cc1. The number of nitrogens with zero attached hydrogens (tertiary/aromatic N) is 2. The summed E-state index contributed by atoms with van der Waals surface area (Å²) in [5, 5.41) is 2.89. The number of nitrogens with one attached hydrogen (secondary N) is 1. The molecular formula is C22H29N3O3S. The number of hydrogen-bond donors (Lipinski definition) is 1. The first-order valence-corrected chi connectivity index (χ1v) is 11.9. The second-order valence-electron chi connectivity index (χ2n) is 7.56. The van der Waals surface area contributed by atoms with Gasteiger partial charge in [0, 0.05) is 37.4 Å². The largest absolute Gasteiger partial charge is 0.372 e. The Labute approximate surface area is 173 Å². The molecule has 1 N–H and O–H groups in total. The molecule has 1 amide bonds. The number of sulfonamides is 1. The van der Waals surface area contributed by atoms with Crippen LogP contribution in [-0.4, -0.2) is 40.2 Å². The van der Waals surface area contributed by atoms with Gasteiger partial charge in [-0.1, -0.05) is 17.7 Å². The maximum atomic E-state index is 12.3. The van der Waals surface area contributed by atoms with Gasteiger partial charge < -0.3 is 10.2 Å². The number of carbonyl (C=O) groups excluding carboxylic acids is 1. The Morgan fingerprint density at radius 1 is 1.03 bits per heavy atom. The van der Waals surface area contributed by atoms with Crippen LogP contribution in [0, 0.1) is 6.92 Å². The van der Waals surface area contributed by atoms with Gasteiger partial charge in [-0.3, -0.25) is 9.10 Å². The van der Waals surface area contributed by atoms with Gasteiger partial charge in [0.15, 0.2) is 0 Å². The lowest BCUT2D eigenvalue weighted by atomic mass is 10.2. The van der Waals surface area contributed by atoms with E-state index < -0.39 is 10.0 Å². The molecule has 7 heteroatoms. The Morgan fingerprint density at radius 2 is 1.66 bits per heavy atom. The number of benzene rings is 2. The number of hydrogen-bond acceptors (Lipinski definition) is 4. The number of anilines is 3. The highest BCUT2D eigenvalue weighted by atomic mass is 32.2. The van der Waals surface area contributed by atoms with E-state index in [9.17, 15) is 13.2 Å². The first kappa shape index (κ1) is 21.2. The van der Waals surface area contributed by atoms with Crippen molar-refractivity contribution >= 4 is 33.0 Å². The zero-order chi connectivity index (χ0) is 20.9. The molecule has 1 aliphatic heterocycles. The smallest absolute Gasteiger partial charge is 0.232 e. The summed E-state index contributed by atoms with van der Waals surface area (Å²) in [6.07, 6.45) is 4.34. The van der Waals surface area contributed by atoms with Gasteiger partial charge in [-0.05, 0) is 62.6 Å². The third kappa shape index (κ3) is 5.97. The van der Waals surface area contributed by atoms with E-state index in [1.165, 1.54) is 29.1 Å². The van der Waals surface area contributed by atoms with Crippen LogP contribution in [0.5, 0.6) is 0 Å². The molecule has 0 radical (unpaired) electrons. The van der Waals surface area contributed by atoms with Crippen LogP contribution in [0.3, 0.4) is 0 Å². The molecule has 3 rings (SSSR count). The van der Waals surface area contributed by atoms with Gasteiger partial charge in [0.1, 0.15) is 0 Å². The summed E-state index contributed by atoms with van der Waals surface area (Å²) in [7, 11) is -3.40. The molecule has 6 nitrogen and oxygen atoms in total. The van der Waals surface area contributed by atoms with Crippen molar-refractivity contribution in [1.82, 2.24) is 0 Å². The third-order valence-corrected chi connectivity index (χ3v) is 6.30. The zero-order valence-electron chi connectivity index (χ0n) is 17.1. The van der Waals surface area contributed by atoms with Crippen molar-refractivity contribution in [2.75, 3.05) is 40.4 Å². The highest BCUT2D eigenvalue weighted by molar-refractivity contribution is 7.92. The molecule has 2 aromatic carbocycles. The van der Waals surface area contributed by atoms with Crippen molar-refractivity contribution in [2.24, 2.45) is 0 Å². The Morgan fingerprint density at radius 3 is 2.24 bits per heavy atom. The molecule has 0 aromatic heterocycles. The van der Waals surface area contributed by atoms with Gasteiger partial charge in [0.25, 0.3) is 0 Å². The van der Waals surface area contributed by atoms with Crippen molar-refractivity contribution in [1.29, 1.82) is 0 Å². The number of carbonyl (C=O) groups is 1. The Hall–Kier alpha value is -2.54. The molecule has 0 unspecified atom stereocenters. The monoisotopic (exact) mass is 415 g/mol. The summed E-state index contributed by atoms with van der Waals surface area (Å²) >= 11 is 0. The average Bonchev–Trinajstić information content (AvgIpc) is 3.21. The second kappa shape index (κ2) is 9.31. The Bertz CT molecular complexity index is 919. The number of aryl methyl sites for hydroxylation is 1. The summed E-state index contributed by atoms with van der Waals surface area (Å²) in [5.41, 5.74) is 3.63. The maximum Gasteiger partial charge on any atom is 0.232 e. The molecule has 0 bridgehead atoms. The van der Waals surface area contributed by atoms with Crippen molar-refractivity contribution in [3.05, 3.63) is 54.1 Å². The van der Waals surface area contributed by atoms with Gasteiger partial charge in [-0.15, -0.1) is 0 Å². The summed E-state index contributed by atoms with van der Waals surface area (Å²) in [5.74, 6) is -0.115. The minimum Gasteiger partial charge on any atom is -0.372 e. The van der Waals surface area contributed by atoms with Crippen molar-refractivity contribution in [3.8, 4) is 0 Å². The van der Waals surface area contributed by atoms with Crippen LogP contribution in [0.2, 0.25) is 0 Å². The molecule has 156 valence electrons. The van der Waals surface area contributed by atoms with Crippen LogP contribution in [-0.2, 0) is 14.8 Å². The van der Waals surface area contributed by atoms with Crippen molar-refractivity contribution in [2.45, 2.75) is 32.6 Å². The fourth-order valence-corrected chi connectivity index (χ4v) is 4.50. The first-order valence-electron chi connectivity index (χ1n) is 10.0. The normalized spacial score (nSPS) is 14.1. The minimum atomic E-state index is -3.40. The van der Waals surface area contributed by atoms with Crippen LogP contribution in [0.4, 0.5) is 17.1 Å². The minimum absolute atomic E-state index is 0.115.